The number of piperidine rings is 1. The summed E-state index contributed by atoms with van der Waals surface area (Å²) >= 11 is 0. The van der Waals surface area contributed by atoms with E-state index in [0.717, 1.165) is 51.6 Å². The number of hydrogen-bond acceptors (Lipinski definition) is 3. The Morgan fingerprint density at radius 2 is 2.00 bits per heavy atom. The predicted octanol–water partition coefficient (Wildman–Crippen LogP) is 1.53. The van der Waals surface area contributed by atoms with Gasteiger partial charge in [0.1, 0.15) is 0 Å². The molecular formula is C15H26N2O3. The van der Waals surface area contributed by atoms with Gasteiger partial charge < -0.3 is 15.7 Å². The summed E-state index contributed by atoms with van der Waals surface area (Å²) in [6.45, 7) is 3.85. The van der Waals surface area contributed by atoms with Crippen LogP contribution in [0.3, 0.4) is 0 Å². The molecule has 20 heavy (non-hydrogen) atoms. The van der Waals surface area contributed by atoms with Gasteiger partial charge in [-0.25, -0.2) is 0 Å². The minimum absolute atomic E-state index is 0.0824. The van der Waals surface area contributed by atoms with E-state index in [4.69, 9.17) is 0 Å². The Labute approximate surface area is 120 Å². The lowest BCUT2D eigenvalue weighted by Gasteiger charge is -2.37. The molecular weight excluding hydrogens is 256 g/mol. The predicted molar refractivity (Wildman–Crippen MR) is 76.4 cm³/mol. The van der Waals surface area contributed by atoms with Crippen LogP contribution in [0, 0.1) is 11.3 Å². The Morgan fingerprint density at radius 1 is 1.30 bits per heavy atom. The number of amides is 1. The maximum Gasteiger partial charge on any atom is 0.308 e. The second kappa shape index (κ2) is 6.57. The third-order valence-electron chi connectivity index (χ3n) is 4.92. The van der Waals surface area contributed by atoms with Gasteiger partial charge in [0.15, 0.2) is 0 Å². The van der Waals surface area contributed by atoms with Crippen molar-refractivity contribution in [2.45, 2.75) is 57.9 Å². The Morgan fingerprint density at radius 3 is 2.60 bits per heavy atom. The van der Waals surface area contributed by atoms with Crippen molar-refractivity contribution in [1.82, 2.24) is 10.6 Å². The number of hydrogen-bond donors (Lipinski definition) is 3. The molecule has 5 nitrogen and oxygen atoms in total. The molecule has 1 aliphatic heterocycles. The third kappa shape index (κ3) is 3.14. The Hall–Kier alpha value is -1.10. The highest BCUT2D eigenvalue weighted by Crippen LogP contribution is 2.35. The minimum atomic E-state index is -0.775. The molecule has 5 heteroatoms. The van der Waals surface area contributed by atoms with Crippen molar-refractivity contribution in [2.75, 3.05) is 13.1 Å². The topological polar surface area (TPSA) is 78.4 Å². The average molecular weight is 282 g/mol. The number of carbonyl (C=O) groups excluding carboxylic acids is 1. The minimum Gasteiger partial charge on any atom is -0.481 e. The molecule has 0 aromatic heterocycles. The smallest absolute Gasteiger partial charge is 0.308 e. The van der Waals surface area contributed by atoms with E-state index in [1.807, 2.05) is 0 Å². The Kier molecular flexibility index (Phi) is 5.02. The van der Waals surface area contributed by atoms with Gasteiger partial charge >= 0.3 is 5.97 Å². The van der Waals surface area contributed by atoms with Crippen molar-refractivity contribution in [3.8, 4) is 0 Å². The van der Waals surface area contributed by atoms with E-state index < -0.39 is 11.9 Å². The SMILES string of the molecule is CCCC1(C(=O)NC2CCCC2C(=O)O)CCNCC1. The van der Waals surface area contributed by atoms with Crippen molar-refractivity contribution in [1.29, 1.82) is 0 Å². The molecule has 1 heterocycles. The first-order valence-electron chi connectivity index (χ1n) is 7.83. The van der Waals surface area contributed by atoms with Gasteiger partial charge in [-0.2, -0.15) is 0 Å². The Balaban J connectivity index is 2.03. The van der Waals surface area contributed by atoms with Gasteiger partial charge in [0.2, 0.25) is 5.91 Å². The lowest BCUT2D eigenvalue weighted by Crippen LogP contribution is -2.51. The second-order valence-corrected chi connectivity index (χ2v) is 6.24. The molecule has 0 bridgehead atoms. The monoisotopic (exact) mass is 282 g/mol. The fraction of sp³-hybridized carbons (Fsp3) is 0.867. The Bertz CT molecular complexity index is 359. The summed E-state index contributed by atoms with van der Waals surface area (Å²) in [6, 6.07) is -0.177. The molecule has 2 fully saturated rings. The zero-order chi connectivity index (χ0) is 14.6. The van der Waals surface area contributed by atoms with Gasteiger partial charge in [-0.1, -0.05) is 19.8 Å². The molecule has 0 spiro atoms. The van der Waals surface area contributed by atoms with Crippen LogP contribution in [0.2, 0.25) is 0 Å². The van der Waals surface area contributed by atoms with Gasteiger partial charge in [-0.15, -0.1) is 0 Å². The summed E-state index contributed by atoms with van der Waals surface area (Å²) < 4.78 is 0. The van der Waals surface area contributed by atoms with Crippen molar-refractivity contribution < 1.29 is 14.7 Å². The van der Waals surface area contributed by atoms with Crippen LogP contribution in [0.4, 0.5) is 0 Å². The number of carbonyl (C=O) groups is 2. The molecule has 2 atom stereocenters. The van der Waals surface area contributed by atoms with Crippen molar-refractivity contribution in [3.05, 3.63) is 0 Å². The summed E-state index contributed by atoms with van der Waals surface area (Å²) in [5, 5.41) is 15.6. The first-order chi connectivity index (χ1) is 9.59. The summed E-state index contributed by atoms with van der Waals surface area (Å²) in [5.74, 6) is -1.10. The van der Waals surface area contributed by atoms with E-state index in [1.54, 1.807) is 0 Å². The number of carboxylic acid groups (broad SMARTS) is 1. The highest BCUT2D eigenvalue weighted by atomic mass is 16.4. The highest BCUT2D eigenvalue weighted by Gasteiger charge is 2.42. The van der Waals surface area contributed by atoms with E-state index in [2.05, 4.69) is 17.6 Å². The van der Waals surface area contributed by atoms with E-state index in [9.17, 15) is 14.7 Å². The molecule has 1 saturated heterocycles. The van der Waals surface area contributed by atoms with Crippen LogP contribution >= 0.6 is 0 Å². The van der Waals surface area contributed by atoms with E-state index in [-0.39, 0.29) is 17.4 Å². The van der Waals surface area contributed by atoms with Crippen LogP contribution in [0.1, 0.15) is 51.9 Å². The maximum absolute atomic E-state index is 12.7. The molecule has 0 aromatic carbocycles. The molecule has 2 rings (SSSR count). The summed E-state index contributed by atoms with van der Waals surface area (Å²) in [7, 11) is 0. The lowest BCUT2D eigenvalue weighted by molar-refractivity contribution is -0.143. The first kappa shape index (κ1) is 15.3. The average Bonchev–Trinajstić information content (AvgIpc) is 2.88. The van der Waals surface area contributed by atoms with E-state index in [0.29, 0.717) is 6.42 Å². The van der Waals surface area contributed by atoms with E-state index >= 15 is 0 Å². The fourth-order valence-electron chi connectivity index (χ4n) is 3.72. The number of rotatable bonds is 5. The maximum atomic E-state index is 12.7. The van der Waals surface area contributed by atoms with Gasteiger partial charge in [-0.05, 0) is 45.2 Å². The van der Waals surface area contributed by atoms with Crippen molar-refractivity contribution in [3.63, 3.8) is 0 Å². The molecule has 2 unspecified atom stereocenters. The number of nitrogens with one attached hydrogen (secondary N) is 2. The van der Waals surface area contributed by atoms with Crippen LogP contribution < -0.4 is 10.6 Å². The summed E-state index contributed by atoms with van der Waals surface area (Å²) in [4.78, 5) is 23.9. The van der Waals surface area contributed by atoms with E-state index in [1.165, 1.54) is 0 Å². The van der Waals surface area contributed by atoms with Gasteiger partial charge in [-0.3, -0.25) is 9.59 Å². The van der Waals surface area contributed by atoms with Gasteiger partial charge in [0.05, 0.1) is 11.3 Å². The first-order valence-corrected chi connectivity index (χ1v) is 7.83. The standard InChI is InChI=1S/C15H26N2O3/c1-2-6-15(7-9-16-10-8-15)14(20)17-12-5-3-4-11(12)13(18)19/h11-12,16H,2-10H2,1H3,(H,17,20)(H,18,19). The van der Waals surface area contributed by atoms with Crippen LogP contribution in [-0.4, -0.2) is 36.1 Å². The fourth-order valence-corrected chi connectivity index (χ4v) is 3.72. The van der Waals surface area contributed by atoms with Gasteiger partial charge in [0, 0.05) is 6.04 Å². The second-order valence-electron chi connectivity index (χ2n) is 6.24. The highest BCUT2D eigenvalue weighted by molar-refractivity contribution is 5.84. The number of carboxylic acids is 1. The summed E-state index contributed by atoms with van der Waals surface area (Å²) in [5.41, 5.74) is -0.286. The molecule has 1 aliphatic carbocycles. The lowest BCUT2D eigenvalue weighted by atomic mass is 9.74. The van der Waals surface area contributed by atoms with Crippen LogP contribution in [-0.2, 0) is 9.59 Å². The van der Waals surface area contributed by atoms with Crippen LogP contribution in [0.5, 0.6) is 0 Å². The quantitative estimate of drug-likeness (QED) is 0.714. The van der Waals surface area contributed by atoms with Crippen molar-refractivity contribution >= 4 is 11.9 Å². The van der Waals surface area contributed by atoms with Crippen LogP contribution in [0.15, 0.2) is 0 Å². The molecule has 0 aromatic rings. The van der Waals surface area contributed by atoms with Crippen molar-refractivity contribution in [2.24, 2.45) is 11.3 Å². The zero-order valence-corrected chi connectivity index (χ0v) is 12.3. The molecule has 114 valence electrons. The normalized spacial score (nSPS) is 29.1. The molecule has 3 N–H and O–H groups in total. The summed E-state index contributed by atoms with van der Waals surface area (Å²) in [6.07, 6.45) is 5.97. The third-order valence-corrected chi connectivity index (χ3v) is 4.92. The zero-order valence-electron chi connectivity index (χ0n) is 12.3. The molecule has 2 aliphatic rings. The number of aliphatic carboxylic acids is 1. The molecule has 1 amide bonds. The van der Waals surface area contributed by atoms with Crippen LogP contribution in [0.25, 0.3) is 0 Å². The largest absolute Gasteiger partial charge is 0.481 e. The molecule has 1 saturated carbocycles. The molecule has 0 radical (unpaired) electrons. The van der Waals surface area contributed by atoms with Gasteiger partial charge in [0.25, 0.3) is 0 Å².